The van der Waals surface area contributed by atoms with E-state index in [1.54, 1.807) is 0 Å². The van der Waals surface area contributed by atoms with Crippen LogP contribution in [0.25, 0.3) is 0 Å². The summed E-state index contributed by atoms with van der Waals surface area (Å²) in [6.07, 6.45) is -0.310. The van der Waals surface area contributed by atoms with Gasteiger partial charge in [-0.3, -0.25) is 9.59 Å². The number of hydrogen-bond donors (Lipinski definition) is 3. The van der Waals surface area contributed by atoms with E-state index in [1.807, 2.05) is 0 Å². The first-order valence-electron chi connectivity index (χ1n) is 3.33. The van der Waals surface area contributed by atoms with Gasteiger partial charge in [0.1, 0.15) is 12.7 Å². The second kappa shape index (κ2) is 11.4. The van der Waals surface area contributed by atoms with Crippen LogP contribution >= 0.6 is 0 Å². The van der Waals surface area contributed by atoms with Gasteiger partial charge in [-0.25, -0.2) is 4.39 Å². The van der Waals surface area contributed by atoms with Crippen LogP contribution in [-0.2, 0) is 14.4 Å². The Hall–Kier alpha value is -0.700. The van der Waals surface area contributed by atoms with Crippen molar-refractivity contribution in [2.75, 3.05) is 6.67 Å². The monoisotopic (exact) mass is 232 g/mol. The van der Waals surface area contributed by atoms with Gasteiger partial charge in [0.25, 0.3) is 0 Å². The molecule has 0 spiro atoms. The van der Waals surface area contributed by atoms with Crippen molar-refractivity contribution in [3.05, 3.63) is 0 Å². The van der Waals surface area contributed by atoms with E-state index >= 15 is 0 Å². The minimum absolute atomic E-state index is 0. The molecule has 0 aliphatic carbocycles. The largest absolute Gasteiger partial charge is 1.00 e. The van der Waals surface area contributed by atoms with Gasteiger partial charge in [-0.2, -0.15) is 0 Å². The standard InChI is InChI=1S/C4H8N2O3.C2H3FO2.Na/c5-2(4(8)9)1-3(6)7;3-1-2(4)5;/h2H,1,5H2,(H2,6,7)(H,8,9);1H2,(H,4,5);/q;;+1/p-1. The Kier molecular flexibility index (Phi) is 15.0. The van der Waals surface area contributed by atoms with Crippen molar-refractivity contribution in [3.63, 3.8) is 0 Å². The van der Waals surface area contributed by atoms with E-state index < -0.39 is 30.6 Å². The summed E-state index contributed by atoms with van der Waals surface area (Å²) in [6.45, 7) is -1.39. The van der Waals surface area contributed by atoms with E-state index in [0.717, 1.165) is 0 Å². The van der Waals surface area contributed by atoms with Gasteiger partial charge in [0.2, 0.25) is 5.91 Å². The van der Waals surface area contributed by atoms with Gasteiger partial charge >= 0.3 is 35.5 Å². The predicted molar refractivity (Wildman–Crippen MR) is 40.4 cm³/mol. The number of carbonyl (C=O) groups is 3. The molecular weight excluding hydrogens is 222 g/mol. The second-order valence-corrected chi connectivity index (χ2v) is 2.12. The van der Waals surface area contributed by atoms with E-state index in [2.05, 4.69) is 5.73 Å². The van der Waals surface area contributed by atoms with E-state index in [0.29, 0.717) is 0 Å². The fourth-order valence-electron chi connectivity index (χ4n) is 0.304. The number of aliphatic carboxylic acids is 2. The molecule has 0 aromatic carbocycles. The van der Waals surface area contributed by atoms with E-state index in [1.165, 1.54) is 0 Å². The molecule has 0 saturated heterocycles. The SMILES string of the molecule is NC(=O)CC(N)C(=O)O.O=C([O-])CF.[Na+]. The van der Waals surface area contributed by atoms with Crippen molar-refractivity contribution in [3.8, 4) is 0 Å². The summed E-state index contributed by atoms with van der Waals surface area (Å²) >= 11 is 0. The average Bonchev–Trinajstić information content (AvgIpc) is 2.04. The van der Waals surface area contributed by atoms with Gasteiger partial charge in [0, 0.05) is 0 Å². The summed E-state index contributed by atoms with van der Waals surface area (Å²) in [7, 11) is 0. The van der Waals surface area contributed by atoms with E-state index in [-0.39, 0.29) is 36.0 Å². The van der Waals surface area contributed by atoms with Gasteiger partial charge < -0.3 is 26.5 Å². The van der Waals surface area contributed by atoms with Crippen molar-refractivity contribution in [2.24, 2.45) is 11.5 Å². The molecule has 5 N–H and O–H groups in total. The number of halogens is 1. The Bertz CT molecular complexity index is 226. The molecule has 0 heterocycles. The first-order valence-corrected chi connectivity index (χ1v) is 3.33. The Morgan fingerprint density at radius 3 is 1.80 bits per heavy atom. The summed E-state index contributed by atoms with van der Waals surface area (Å²) < 4.78 is 10.5. The third kappa shape index (κ3) is 19.6. The normalized spacial score (nSPS) is 10.0. The molecule has 0 aliphatic heterocycles. The molecule has 1 atom stereocenters. The molecule has 7 nitrogen and oxygen atoms in total. The van der Waals surface area contributed by atoms with Crippen molar-refractivity contribution in [1.29, 1.82) is 0 Å². The Morgan fingerprint density at radius 1 is 1.40 bits per heavy atom. The van der Waals surface area contributed by atoms with Crippen molar-refractivity contribution in [2.45, 2.75) is 12.5 Å². The molecule has 0 bridgehead atoms. The number of rotatable bonds is 4. The Labute approximate surface area is 107 Å². The fraction of sp³-hybridized carbons (Fsp3) is 0.500. The molecule has 1 amide bonds. The summed E-state index contributed by atoms with van der Waals surface area (Å²) in [5.74, 6) is -3.58. The van der Waals surface area contributed by atoms with Gasteiger partial charge in [-0.15, -0.1) is 0 Å². The zero-order valence-corrected chi connectivity index (χ0v) is 10.1. The minimum Gasteiger partial charge on any atom is -0.547 e. The van der Waals surface area contributed by atoms with Crippen molar-refractivity contribution in [1.82, 2.24) is 0 Å². The summed E-state index contributed by atoms with van der Waals surface area (Å²) in [6, 6.07) is -1.16. The van der Waals surface area contributed by atoms with E-state index in [4.69, 9.17) is 20.7 Å². The molecule has 0 fully saturated rings. The van der Waals surface area contributed by atoms with Crippen LogP contribution in [0.2, 0.25) is 0 Å². The molecule has 0 aliphatic rings. The quantitative estimate of drug-likeness (QED) is 0.411. The molecular formula is C6H10FN2NaO5. The van der Waals surface area contributed by atoms with Crippen molar-refractivity contribution >= 4 is 17.8 Å². The Balaban J connectivity index is -0.000000208. The topological polar surface area (TPSA) is 147 Å². The van der Waals surface area contributed by atoms with Crippen LogP contribution < -0.4 is 46.1 Å². The number of hydrogen-bond acceptors (Lipinski definition) is 5. The second-order valence-electron chi connectivity index (χ2n) is 2.12. The molecule has 15 heavy (non-hydrogen) atoms. The molecule has 82 valence electrons. The van der Waals surface area contributed by atoms with Crippen LogP contribution in [0, 0.1) is 0 Å². The van der Waals surface area contributed by atoms with Crippen LogP contribution in [0.3, 0.4) is 0 Å². The van der Waals surface area contributed by atoms with Crippen LogP contribution in [0.5, 0.6) is 0 Å². The van der Waals surface area contributed by atoms with Crippen LogP contribution in [-0.4, -0.2) is 35.7 Å². The van der Waals surface area contributed by atoms with Crippen molar-refractivity contribution < 1.29 is 58.5 Å². The summed E-state index contributed by atoms with van der Waals surface area (Å²) in [4.78, 5) is 28.8. The first-order chi connectivity index (χ1) is 6.31. The van der Waals surface area contributed by atoms with Gasteiger partial charge in [0.05, 0.1) is 12.4 Å². The zero-order chi connectivity index (χ0) is 11.7. The fourth-order valence-corrected chi connectivity index (χ4v) is 0.304. The number of amides is 1. The minimum atomic E-state index is -1.66. The number of carboxylic acid groups (broad SMARTS) is 2. The molecule has 0 radical (unpaired) electrons. The number of nitrogens with two attached hydrogens (primary N) is 2. The third-order valence-electron chi connectivity index (χ3n) is 0.847. The number of primary amides is 1. The molecule has 9 heteroatoms. The molecule has 0 aromatic heterocycles. The molecule has 1 unspecified atom stereocenters. The van der Waals surface area contributed by atoms with Gasteiger partial charge in [-0.05, 0) is 0 Å². The maximum atomic E-state index is 10.5. The predicted octanol–water partition coefficient (Wildman–Crippen LogP) is -6.02. The van der Waals surface area contributed by atoms with Crippen LogP contribution in [0.1, 0.15) is 6.42 Å². The average molecular weight is 232 g/mol. The van der Waals surface area contributed by atoms with E-state index in [9.17, 15) is 14.0 Å². The molecule has 0 saturated carbocycles. The number of alkyl halides is 1. The number of carbonyl (C=O) groups excluding carboxylic acids is 2. The molecule has 0 rings (SSSR count). The van der Waals surface area contributed by atoms with Crippen LogP contribution in [0.15, 0.2) is 0 Å². The van der Waals surface area contributed by atoms with Crippen LogP contribution in [0.4, 0.5) is 4.39 Å². The first kappa shape index (κ1) is 19.8. The maximum absolute atomic E-state index is 10.5. The van der Waals surface area contributed by atoms with Gasteiger partial charge in [0.15, 0.2) is 0 Å². The zero-order valence-electron chi connectivity index (χ0n) is 8.10. The number of carboxylic acids is 2. The molecule has 0 aromatic rings. The summed E-state index contributed by atoms with van der Waals surface area (Å²) in [5.41, 5.74) is 9.57. The smallest absolute Gasteiger partial charge is 0.547 e. The Morgan fingerprint density at radius 2 is 1.73 bits per heavy atom. The maximum Gasteiger partial charge on any atom is 1.00 e. The van der Waals surface area contributed by atoms with Gasteiger partial charge in [-0.1, -0.05) is 0 Å². The third-order valence-corrected chi connectivity index (χ3v) is 0.847. The summed E-state index contributed by atoms with van der Waals surface area (Å²) in [5, 5.41) is 17.0.